The van der Waals surface area contributed by atoms with E-state index in [1.165, 1.54) is 32.1 Å². The van der Waals surface area contributed by atoms with Crippen molar-refractivity contribution in [2.24, 2.45) is 0 Å². The number of thioether (sulfide) groups is 1. The number of anilines is 2. The highest BCUT2D eigenvalue weighted by Crippen LogP contribution is 2.32. The largest absolute Gasteiger partial charge is 0.493 e. The Morgan fingerprint density at radius 3 is 2.12 bits per heavy atom. The Labute approximate surface area is 253 Å². The van der Waals surface area contributed by atoms with Gasteiger partial charge in [0.2, 0.25) is 5.91 Å². The standard InChI is InChI=1S/C32H28ClN3O5S/c1-40-28-10-6-9-22(30(28)41-2)19-27(36-31(38)21-7-4-3-5-8-21)32(39)35-25-15-17-26(18-16-25)42-20-29(37)34-24-13-11-23(33)12-14-24/h3-19H,20H2,1-2H3,(H,34,37)(H,35,39)(H,36,38)/b27-19-. The summed E-state index contributed by atoms with van der Waals surface area (Å²) >= 11 is 7.24. The predicted octanol–water partition coefficient (Wildman–Crippen LogP) is 6.50. The fraction of sp³-hybridized carbons (Fsp3) is 0.0938. The van der Waals surface area contributed by atoms with Gasteiger partial charge in [-0.2, -0.15) is 0 Å². The molecule has 0 aliphatic rings. The van der Waals surface area contributed by atoms with E-state index in [1.807, 2.05) is 0 Å². The van der Waals surface area contributed by atoms with Gasteiger partial charge in [0.05, 0.1) is 20.0 Å². The van der Waals surface area contributed by atoms with Gasteiger partial charge in [0.25, 0.3) is 11.8 Å². The van der Waals surface area contributed by atoms with Crippen LogP contribution in [0.5, 0.6) is 11.5 Å². The first-order valence-corrected chi connectivity index (χ1v) is 14.1. The van der Waals surface area contributed by atoms with Gasteiger partial charge >= 0.3 is 0 Å². The summed E-state index contributed by atoms with van der Waals surface area (Å²) in [4.78, 5) is 39.5. The molecule has 214 valence electrons. The summed E-state index contributed by atoms with van der Waals surface area (Å²) in [5.74, 6) is -0.0307. The molecular weight excluding hydrogens is 574 g/mol. The zero-order valence-electron chi connectivity index (χ0n) is 22.8. The Bertz CT molecular complexity index is 1580. The van der Waals surface area contributed by atoms with E-state index in [0.717, 1.165) is 4.90 Å². The summed E-state index contributed by atoms with van der Waals surface area (Å²) in [6, 6.07) is 27.8. The van der Waals surface area contributed by atoms with Crippen molar-refractivity contribution in [3.05, 3.63) is 119 Å². The van der Waals surface area contributed by atoms with Crippen LogP contribution in [0.4, 0.5) is 11.4 Å². The second-order valence-corrected chi connectivity index (χ2v) is 10.3. The molecule has 0 unspecified atom stereocenters. The van der Waals surface area contributed by atoms with Crippen LogP contribution in [0.15, 0.2) is 108 Å². The molecule has 8 nitrogen and oxygen atoms in total. The smallest absolute Gasteiger partial charge is 0.272 e. The highest BCUT2D eigenvalue weighted by Gasteiger charge is 2.17. The molecule has 42 heavy (non-hydrogen) atoms. The minimum atomic E-state index is -0.535. The van der Waals surface area contributed by atoms with Crippen LogP contribution in [0.3, 0.4) is 0 Å². The molecule has 0 saturated heterocycles. The van der Waals surface area contributed by atoms with Crippen LogP contribution in [0, 0.1) is 0 Å². The summed E-state index contributed by atoms with van der Waals surface area (Å²) in [6.45, 7) is 0. The summed E-state index contributed by atoms with van der Waals surface area (Å²) in [6.07, 6.45) is 1.53. The van der Waals surface area contributed by atoms with Crippen molar-refractivity contribution >= 4 is 58.5 Å². The number of carbonyl (C=O) groups excluding carboxylic acids is 3. The molecule has 0 aliphatic carbocycles. The van der Waals surface area contributed by atoms with E-state index in [-0.39, 0.29) is 17.4 Å². The van der Waals surface area contributed by atoms with Crippen LogP contribution in [-0.2, 0) is 9.59 Å². The van der Waals surface area contributed by atoms with Gasteiger partial charge in [-0.1, -0.05) is 41.9 Å². The maximum absolute atomic E-state index is 13.4. The van der Waals surface area contributed by atoms with Gasteiger partial charge in [0.15, 0.2) is 11.5 Å². The van der Waals surface area contributed by atoms with E-state index < -0.39 is 11.8 Å². The number of halogens is 1. The molecule has 0 saturated carbocycles. The second-order valence-electron chi connectivity index (χ2n) is 8.78. The average Bonchev–Trinajstić information content (AvgIpc) is 3.01. The van der Waals surface area contributed by atoms with Crippen molar-refractivity contribution in [3.63, 3.8) is 0 Å². The number of benzene rings is 4. The molecular formula is C32H28ClN3O5S. The van der Waals surface area contributed by atoms with E-state index in [0.29, 0.717) is 39.0 Å². The highest BCUT2D eigenvalue weighted by atomic mass is 35.5. The number of nitrogens with one attached hydrogen (secondary N) is 3. The first-order chi connectivity index (χ1) is 20.4. The fourth-order valence-corrected chi connectivity index (χ4v) is 4.66. The quantitative estimate of drug-likeness (QED) is 0.134. The summed E-state index contributed by atoms with van der Waals surface area (Å²) < 4.78 is 10.9. The van der Waals surface area contributed by atoms with Crippen LogP contribution < -0.4 is 25.4 Å². The summed E-state index contributed by atoms with van der Waals surface area (Å²) in [5.41, 5.74) is 2.12. The predicted molar refractivity (Wildman–Crippen MR) is 167 cm³/mol. The Balaban J connectivity index is 1.46. The third-order valence-electron chi connectivity index (χ3n) is 5.87. The lowest BCUT2D eigenvalue weighted by molar-refractivity contribution is -0.114. The van der Waals surface area contributed by atoms with Crippen LogP contribution in [0.1, 0.15) is 15.9 Å². The van der Waals surface area contributed by atoms with Crippen molar-refractivity contribution in [2.75, 3.05) is 30.6 Å². The van der Waals surface area contributed by atoms with E-state index in [4.69, 9.17) is 21.1 Å². The van der Waals surface area contributed by atoms with Crippen LogP contribution in [0.2, 0.25) is 5.02 Å². The Kier molecular flexibility index (Phi) is 10.6. The minimum absolute atomic E-state index is 0.00716. The van der Waals surface area contributed by atoms with E-state index in [2.05, 4.69) is 16.0 Å². The number of rotatable bonds is 11. The fourth-order valence-electron chi connectivity index (χ4n) is 3.84. The SMILES string of the molecule is COc1cccc(/C=C(\NC(=O)c2ccccc2)C(=O)Nc2ccc(SCC(=O)Nc3ccc(Cl)cc3)cc2)c1OC. The van der Waals surface area contributed by atoms with Crippen molar-refractivity contribution in [3.8, 4) is 11.5 Å². The van der Waals surface area contributed by atoms with E-state index in [9.17, 15) is 14.4 Å². The zero-order valence-corrected chi connectivity index (χ0v) is 24.4. The molecule has 0 radical (unpaired) electrons. The van der Waals surface area contributed by atoms with Gasteiger partial charge in [0.1, 0.15) is 5.70 Å². The maximum Gasteiger partial charge on any atom is 0.272 e. The molecule has 4 aromatic carbocycles. The van der Waals surface area contributed by atoms with Crippen molar-refractivity contribution in [2.45, 2.75) is 4.90 Å². The molecule has 0 spiro atoms. The number of carbonyl (C=O) groups is 3. The highest BCUT2D eigenvalue weighted by molar-refractivity contribution is 8.00. The monoisotopic (exact) mass is 601 g/mol. The number of methoxy groups -OCH3 is 2. The Morgan fingerprint density at radius 1 is 0.786 bits per heavy atom. The molecule has 0 aromatic heterocycles. The van der Waals surface area contributed by atoms with Crippen molar-refractivity contribution in [1.82, 2.24) is 5.32 Å². The molecule has 4 aromatic rings. The lowest BCUT2D eigenvalue weighted by Crippen LogP contribution is -2.30. The van der Waals surface area contributed by atoms with Gasteiger partial charge < -0.3 is 25.4 Å². The van der Waals surface area contributed by atoms with Gasteiger partial charge in [0, 0.05) is 32.4 Å². The van der Waals surface area contributed by atoms with Crippen LogP contribution in [0.25, 0.3) is 6.08 Å². The zero-order chi connectivity index (χ0) is 29.9. The topological polar surface area (TPSA) is 106 Å². The molecule has 0 heterocycles. The normalized spacial score (nSPS) is 10.9. The molecule has 3 amide bonds. The first kappa shape index (κ1) is 30.2. The molecule has 10 heteroatoms. The first-order valence-electron chi connectivity index (χ1n) is 12.7. The van der Waals surface area contributed by atoms with Gasteiger partial charge in [-0.15, -0.1) is 11.8 Å². The summed E-state index contributed by atoms with van der Waals surface area (Å²) in [7, 11) is 3.02. The van der Waals surface area contributed by atoms with Crippen LogP contribution >= 0.6 is 23.4 Å². The second kappa shape index (κ2) is 14.8. The Hall–Kier alpha value is -4.73. The van der Waals surface area contributed by atoms with Gasteiger partial charge in [-0.25, -0.2) is 0 Å². The number of ether oxygens (including phenoxy) is 2. The van der Waals surface area contributed by atoms with Crippen molar-refractivity contribution in [1.29, 1.82) is 0 Å². The average molecular weight is 602 g/mol. The number of hydrogen-bond acceptors (Lipinski definition) is 6. The molecule has 0 atom stereocenters. The minimum Gasteiger partial charge on any atom is -0.493 e. The maximum atomic E-state index is 13.4. The van der Waals surface area contributed by atoms with E-state index in [1.54, 1.807) is 97.1 Å². The third kappa shape index (κ3) is 8.39. The molecule has 0 bridgehead atoms. The van der Waals surface area contributed by atoms with Gasteiger partial charge in [-0.05, 0) is 72.8 Å². The third-order valence-corrected chi connectivity index (χ3v) is 7.14. The molecule has 0 aliphatic heterocycles. The number of amides is 3. The van der Waals surface area contributed by atoms with E-state index >= 15 is 0 Å². The van der Waals surface area contributed by atoms with Crippen molar-refractivity contribution < 1.29 is 23.9 Å². The Morgan fingerprint density at radius 2 is 1.45 bits per heavy atom. The molecule has 0 fully saturated rings. The van der Waals surface area contributed by atoms with Crippen LogP contribution in [-0.4, -0.2) is 37.7 Å². The number of para-hydroxylation sites is 1. The lowest BCUT2D eigenvalue weighted by atomic mass is 10.1. The van der Waals surface area contributed by atoms with Gasteiger partial charge in [-0.3, -0.25) is 14.4 Å². The molecule has 3 N–H and O–H groups in total. The molecule has 4 rings (SSSR count). The summed E-state index contributed by atoms with van der Waals surface area (Å²) in [5, 5.41) is 8.95. The number of hydrogen-bond donors (Lipinski definition) is 3. The lowest BCUT2D eigenvalue weighted by Gasteiger charge is -2.14.